The van der Waals surface area contributed by atoms with Gasteiger partial charge < -0.3 is 10.1 Å². The van der Waals surface area contributed by atoms with Gasteiger partial charge in [0.25, 0.3) is 5.91 Å². The third-order valence-electron chi connectivity index (χ3n) is 4.29. The monoisotopic (exact) mass is 462 g/mol. The van der Waals surface area contributed by atoms with Gasteiger partial charge in [0.2, 0.25) is 10.0 Å². The van der Waals surface area contributed by atoms with E-state index in [4.69, 9.17) is 16.3 Å². The van der Waals surface area contributed by atoms with Crippen molar-refractivity contribution < 1.29 is 22.3 Å². The van der Waals surface area contributed by atoms with E-state index in [0.717, 1.165) is 10.6 Å². The molecule has 3 aromatic carbocycles. The molecule has 1 amide bonds. The lowest BCUT2D eigenvalue weighted by molar-refractivity contribution is -0.118. The minimum Gasteiger partial charge on any atom is -0.484 e. The summed E-state index contributed by atoms with van der Waals surface area (Å²) in [7, 11) is -3.66. The minimum atomic E-state index is -3.66. The number of amides is 1. The second-order valence-electron chi connectivity index (χ2n) is 6.70. The first-order chi connectivity index (χ1) is 14.7. The highest BCUT2D eigenvalue weighted by Gasteiger charge is 2.19. The van der Waals surface area contributed by atoms with E-state index in [1.54, 1.807) is 48.5 Å². The van der Waals surface area contributed by atoms with Crippen LogP contribution in [-0.4, -0.2) is 27.2 Å². The predicted octanol–water partition coefficient (Wildman–Crippen LogP) is 4.46. The first-order valence-electron chi connectivity index (χ1n) is 9.22. The molecule has 0 aromatic heterocycles. The predicted molar refractivity (Wildman–Crippen MR) is 119 cm³/mol. The molecule has 6 nitrogen and oxygen atoms in total. The summed E-state index contributed by atoms with van der Waals surface area (Å²) in [5.41, 5.74) is 1.20. The van der Waals surface area contributed by atoms with Gasteiger partial charge in [-0.15, -0.1) is 0 Å². The standard InChI is InChI=1S/C22H20ClFN2O4S/c1-31(28,29)26(14-16-4-2-3-5-21(16)24)19-10-12-20(13-11-19)30-15-22(27)25-18-8-6-17(23)7-9-18/h2-13H,14-15H2,1H3,(H,25,27). The van der Waals surface area contributed by atoms with Crippen LogP contribution >= 0.6 is 11.6 Å². The SMILES string of the molecule is CS(=O)(=O)N(Cc1ccccc1F)c1ccc(OCC(=O)Nc2ccc(Cl)cc2)cc1. The molecule has 0 saturated heterocycles. The highest BCUT2D eigenvalue weighted by Crippen LogP contribution is 2.24. The van der Waals surface area contributed by atoms with Gasteiger partial charge in [-0.3, -0.25) is 9.10 Å². The maximum atomic E-state index is 14.0. The lowest BCUT2D eigenvalue weighted by Gasteiger charge is -2.23. The van der Waals surface area contributed by atoms with Gasteiger partial charge in [0.05, 0.1) is 18.5 Å². The summed E-state index contributed by atoms with van der Waals surface area (Å²) in [5.74, 6) is -0.458. The molecule has 162 valence electrons. The molecule has 0 atom stereocenters. The first-order valence-corrected chi connectivity index (χ1v) is 11.4. The summed E-state index contributed by atoms with van der Waals surface area (Å²) in [6.07, 6.45) is 1.05. The lowest BCUT2D eigenvalue weighted by atomic mass is 10.2. The van der Waals surface area contributed by atoms with Gasteiger partial charge in [0.15, 0.2) is 6.61 Å². The van der Waals surface area contributed by atoms with E-state index >= 15 is 0 Å². The molecule has 9 heteroatoms. The Morgan fingerprint density at radius 2 is 1.68 bits per heavy atom. The van der Waals surface area contributed by atoms with Crippen LogP contribution in [0.15, 0.2) is 72.8 Å². The number of hydrogen-bond donors (Lipinski definition) is 1. The fourth-order valence-corrected chi connectivity index (χ4v) is 3.77. The first kappa shape index (κ1) is 22.6. The molecule has 0 saturated carbocycles. The Morgan fingerprint density at radius 1 is 1.03 bits per heavy atom. The van der Waals surface area contributed by atoms with Crippen LogP contribution in [0.4, 0.5) is 15.8 Å². The van der Waals surface area contributed by atoms with Crippen molar-refractivity contribution in [3.05, 3.63) is 89.2 Å². The number of halogens is 2. The number of carbonyl (C=O) groups is 1. The quantitative estimate of drug-likeness (QED) is 0.536. The maximum absolute atomic E-state index is 14.0. The van der Waals surface area contributed by atoms with Gasteiger partial charge in [0, 0.05) is 16.3 Å². The van der Waals surface area contributed by atoms with Crippen LogP contribution < -0.4 is 14.4 Å². The van der Waals surface area contributed by atoms with Crippen molar-refractivity contribution in [2.24, 2.45) is 0 Å². The van der Waals surface area contributed by atoms with E-state index in [0.29, 0.717) is 22.1 Å². The van der Waals surface area contributed by atoms with Crippen molar-refractivity contribution in [2.45, 2.75) is 6.54 Å². The molecule has 3 rings (SSSR count). The Morgan fingerprint density at radius 3 is 2.29 bits per heavy atom. The average Bonchev–Trinajstić information content (AvgIpc) is 2.73. The molecule has 0 aliphatic carbocycles. The molecule has 0 heterocycles. The Balaban J connectivity index is 1.65. The number of nitrogens with one attached hydrogen (secondary N) is 1. The van der Waals surface area contributed by atoms with Crippen molar-refractivity contribution in [1.82, 2.24) is 0 Å². The summed E-state index contributed by atoms with van der Waals surface area (Å²) in [6, 6.07) is 18.8. The normalized spacial score (nSPS) is 11.1. The zero-order valence-electron chi connectivity index (χ0n) is 16.6. The molecular weight excluding hydrogens is 443 g/mol. The molecule has 0 spiro atoms. The van der Waals surface area contributed by atoms with Crippen LogP contribution in [0.3, 0.4) is 0 Å². The molecule has 0 unspecified atom stereocenters. The summed E-state index contributed by atoms with van der Waals surface area (Å²) < 4.78 is 45.0. The van der Waals surface area contributed by atoms with Crippen LogP contribution in [0.2, 0.25) is 5.02 Å². The Bertz CT molecular complexity index is 1150. The van der Waals surface area contributed by atoms with Gasteiger partial charge in [-0.25, -0.2) is 12.8 Å². The fourth-order valence-electron chi connectivity index (χ4n) is 2.77. The van der Waals surface area contributed by atoms with E-state index in [1.807, 2.05) is 0 Å². The van der Waals surface area contributed by atoms with E-state index in [2.05, 4.69) is 5.32 Å². The van der Waals surface area contributed by atoms with Crippen molar-refractivity contribution in [1.29, 1.82) is 0 Å². The number of hydrogen-bond acceptors (Lipinski definition) is 4. The van der Waals surface area contributed by atoms with Crippen LogP contribution in [0.1, 0.15) is 5.56 Å². The maximum Gasteiger partial charge on any atom is 0.262 e. The third-order valence-corrected chi connectivity index (χ3v) is 5.69. The third kappa shape index (κ3) is 6.44. The van der Waals surface area contributed by atoms with Crippen LogP contribution in [0.25, 0.3) is 0 Å². The van der Waals surface area contributed by atoms with Crippen LogP contribution in [0, 0.1) is 5.82 Å². The highest BCUT2D eigenvalue weighted by molar-refractivity contribution is 7.92. The average molecular weight is 463 g/mol. The molecule has 3 aromatic rings. The lowest BCUT2D eigenvalue weighted by Crippen LogP contribution is -2.29. The van der Waals surface area contributed by atoms with E-state index < -0.39 is 15.8 Å². The van der Waals surface area contributed by atoms with Crippen LogP contribution in [0.5, 0.6) is 5.75 Å². The smallest absolute Gasteiger partial charge is 0.262 e. The van der Waals surface area contributed by atoms with Gasteiger partial charge in [-0.05, 0) is 54.6 Å². The topological polar surface area (TPSA) is 75.7 Å². The number of ether oxygens (including phenoxy) is 1. The molecule has 0 aliphatic rings. The van der Waals surface area contributed by atoms with Crippen LogP contribution in [-0.2, 0) is 21.4 Å². The van der Waals surface area contributed by atoms with E-state index in [1.165, 1.54) is 24.3 Å². The molecule has 31 heavy (non-hydrogen) atoms. The summed E-state index contributed by atoms with van der Waals surface area (Å²) in [4.78, 5) is 12.0. The van der Waals surface area contributed by atoms with E-state index in [9.17, 15) is 17.6 Å². The Hall–Kier alpha value is -3.10. The van der Waals surface area contributed by atoms with E-state index in [-0.39, 0.29) is 24.6 Å². The molecule has 0 radical (unpaired) electrons. The number of carbonyl (C=O) groups excluding carboxylic acids is 1. The number of rotatable bonds is 8. The molecule has 0 aliphatic heterocycles. The highest BCUT2D eigenvalue weighted by atomic mass is 35.5. The van der Waals surface area contributed by atoms with Crippen molar-refractivity contribution in [3.63, 3.8) is 0 Å². The summed E-state index contributed by atoms with van der Waals surface area (Å²) >= 11 is 5.81. The molecule has 0 bridgehead atoms. The second-order valence-corrected chi connectivity index (χ2v) is 9.04. The van der Waals surface area contributed by atoms with Gasteiger partial charge >= 0.3 is 0 Å². The Kier molecular flexibility index (Phi) is 7.14. The van der Waals surface area contributed by atoms with Crippen molar-refractivity contribution in [3.8, 4) is 5.75 Å². The van der Waals surface area contributed by atoms with Crippen molar-refractivity contribution >= 4 is 38.9 Å². The summed E-state index contributed by atoms with van der Waals surface area (Å²) in [5, 5.41) is 3.24. The Labute approximate surface area is 185 Å². The number of sulfonamides is 1. The molecular formula is C22H20ClFN2O4S. The van der Waals surface area contributed by atoms with Gasteiger partial charge in [-0.2, -0.15) is 0 Å². The molecule has 1 N–H and O–H groups in total. The number of benzene rings is 3. The van der Waals surface area contributed by atoms with Gasteiger partial charge in [-0.1, -0.05) is 29.8 Å². The fraction of sp³-hybridized carbons (Fsp3) is 0.136. The van der Waals surface area contributed by atoms with Gasteiger partial charge in [0.1, 0.15) is 11.6 Å². The minimum absolute atomic E-state index is 0.144. The summed E-state index contributed by atoms with van der Waals surface area (Å²) in [6.45, 7) is -0.373. The zero-order chi connectivity index (χ0) is 22.4. The second kappa shape index (κ2) is 9.80. The zero-order valence-corrected chi connectivity index (χ0v) is 18.2. The largest absolute Gasteiger partial charge is 0.484 e. The molecule has 0 fully saturated rings. The number of nitrogens with zero attached hydrogens (tertiary/aromatic N) is 1. The number of anilines is 2. The van der Waals surface area contributed by atoms with Crippen molar-refractivity contribution in [2.75, 3.05) is 22.5 Å².